The van der Waals surface area contributed by atoms with E-state index in [2.05, 4.69) is 168 Å². The summed E-state index contributed by atoms with van der Waals surface area (Å²) in [5.41, 5.74) is 24.0. The van der Waals surface area contributed by atoms with Gasteiger partial charge in [-0.2, -0.15) is 0 Å². The highest BCUT2D eigenvalue weighted by Crippen LogP contribution is 2.29. The fraction of sp³-hybridized carbons (Fsp3) is 0.287. The van der Waals surface area contributed by atoms with Crippen LogP contribution < -0.4 is 0 Å². The number of imidazole rings is 1. The monoisotopic (exact) mass is 1380 g/mol. The third-order valence-corrected chi connectivity index (χ3v) is 16.6. The number of hydrogen-bond acceptors (Lipinski definition) is 15. The van der Waals surface area contributed by atoms with Gasteiger partial charge in [-0.05, 0) is 179 Å². The van der Waals surface area contributed by atoms with Crippen LogP contribution in [0.1, 0.15) is 169 Å². The van der Waals surface area contributed by atoms with Crippen molar-refractivity contribution in [1.29, 1.82) is 0 Å². The zero-order valence-electron chi connectivity index (χ0n) is 63.1. The number of rotatable bonds is 6. The average molecular weight is 1380 g/mol. The van der Waals surface area contributed by atoms with Crippen molar-refractivity contribution < 1.29 is 30.9 Å². The Balaban J connectivity index is 0.000000137. The molecular weight excluding hydrogens is 1280 g/mol. The van der Waals surface area contributed by atoms with E-state index in [1.54, 1.807) is 6.20 Å². The predicted octanol–water partition coefficient (Wildman–Crippen LogP) is 24.5. The molecule has 1 atom stereocenters. The minimum absolute atomic E-state index is 0.168. The molecule has 0 saturated heterocycles. The molecule has 0 amide bonds. The molecule has 0 bridgehead atoms. The van der Waals surface area contributed by atoms with E-state index in [0.717, 1.165) is 132 Å². The molecule has 0 N–H and O–H groups in total. The molecule has 532 valence electrons. The summed E-state index contributed by atoms with van der Waals surface area (Å²) >= 11 is 0. The molecule has 17 rings (SSSR count). The van der Waals surface area contributed by atoms with Crippen molar-refractivity contribution in [2.45, 2.75) is 168 Å². The Morgan fingerprint density at radius 1 is 0.388 bits per heavy atom. The molecule has 9 aromatic heterocycles. The van der Waals surface area contributed by atoms with Gasteiger partial charge in [0.25, 0.3) is 0 Å². The highest BCUT2D eigenvalue weighted by molar-refractivity contribution is 5.81. The smallest absolute Gasteiger partial charge is 0.192 e. The highest BCUT2D eigenvalue weighted by atomic mass is 16.4. The molecule has 17 aromatic rings. The number of nitrogens with zero attached hydrogens (tertiary/aromatic N) is 9. The second kappa shape index (κ2) is 35.4. The van der Waals surface area contributed by atoms with Crippen molar-refractivity contribution >= 4 is 83.3 Å². The Labute approximate surface area is 603 Å². The number of fused-ring (bicyclic) bond motifs is 8. The number of hydrogen-bond donors (Lipinski definition) is 0. The Hall–Kier alpha value is -11.3. The fourth-order valence-electron chi connectivity index (χ4n) is 11.1. The van der Waals surface area contributed by atoms with E-state index in [-0.39, 0.29) is 5.41 Å². The summed E-state index contributed by atoms with van der Waals surface area (Å²) < 4.78 is 39.7. The van der Waals surface area contributed by atoms with Crippen LogP contribution in [0.15, 0.2) is 225 Å². The second-order valence-electron chi connectivity index (χ2n) is 26.4. The molecule has 0 aliphatic heterocycles. The van der Waals surface area contributed by atoms with Crippen LogP contribution in [0.5, 0.6) is 0 Å². The van der Waals surface area contributed by atoms with Gasteiger partial charge in [-0.3, -0.25) is 0 Å². The first-order valence-electron chi connectivity index (χ1n) is 35.4. The number of benzene rings is 8. The zero-order chi connectivity index (χ0) is 73.9. The van der Waals surface area contributed by atoms with E-state index in [1.165, 1.54) is 50.9 Å². The topological polar surface area (TPSA) is 200 Å². The number of oxazole rings is 7. The summed E-state index contributed by atoms with van der Waals surface area (Å²) in [5, 5.41) is 0. The molecule has 0 aliphatic rings. The summed E-state index contributed by atoms with van der Waals surface area (Å²) in [5.74, 6) is 6.24. The van der Waals surface area contributed by atoms with E-state index < -0.39 is 0 Å². The lowest BCUT2D eigenvalue weighted by Gasteiger charge is -2.18. The van der Waals surface area contributed by atoms with E-state index in [4.69, 9.17) is 30.9 Å². The van der Waals surface area contributed by atoms with E-state index in [9.17, 15) is 0 Å². The maximum absolute atomic E-state index is 5.45. The van der Waals surface area contributed by atoms with Crippen LogP contribution in [-0.2, 0) is 11.8 Å². The molecule has 16 heteroatoms. The molecule has 9 heterocycles. The van der Waals surface area contributed by atoms with Crippen LogP contribution in [0.4, 0.5) is 0 Å². The third kappa shape index (κ3) is 20.9. The third-order valence-electron chi connectivity index (χ3n) is 16.6. The molecule has 0 radical (unpaired) electrons. The van der Waals surface area contributed by atoms with E-state index >= 15 is 0 Å². The Kier molecular flexibility index (Phi) is 26.1. The first-order valence-corrected chi connectivity index (χ1v) is 35.4. The standard InChI is InChI=1S/C14H11NO.2C12H15NO.2C11H13NO.2C9H9NO.C7H6N2.C2H6/c1-10-15-13-9-12(7-8-14(13)16-10)11-5-3-2-4-6-11;1-8-13-10-7-9(12(2,3)4)5-6-11(10)14-8;1-4-8(2)10-5-6-12-11(7-10)13-9(3)14-12;1-7(2)9-4-5-11-10(6-9)12-8(3)13-11;1-3-4-9-5-6-11-10(7-9)12-8(2)13-11;1-6-3-4-8-9(5-6)11-7(2)10-8;1-6-4-3-5-8-9(6)10-7(2)11-8;1-2-5-9-6-4-8-7(9)3-1;1-2/h2-9H,1H3;5-7H,1-4H3;5-8H,4H2,1-3H3;4-7H,1-3H3;5-7H,3-4H2,1-2H3;2*3-5H,1-2H3;1-6H;1-2H3. The molecule has 103 heavy (non-hydrogen) atoms. The Bertz CT molecular complexity index is 5470. The Morgan fingerprint density at radius 3 is 1.43 bits per heavy atom. The van der Waals surface area contributed by atoms with Crippen LogP contribution in [0.2, 0.25) is 0 Å². The number of aryl methyl sites for hydroxylation is 10. The minimum Gasteiger partial charge on any atom is -0.441 e. The number of aromatic nitrogens is 9. The Morgan fingerprint density at radius 2 is 0.874 bits per heavy atom. The molecular formula is C87H97N9O7. The lowest BCUT2D eigenvalue weighted by atomic mass is 9.87. The number of para-hydroxylation sites is 1. The summed E-state index contributed by atoms with van der Waals surface area (Å²) in [6, 6.07) is 59.1. The van der Waals surface area contributed by atoms with Crippen molar-refractivity contribution in [3.63, 3.8) is 0 Å². The quantitative estimate of drug-likeness (QED) is 0.152. The minimum atomic E-state index is 0.168. The lowest BCUT2D eigenvalue weighted by molar-refractivity contribution is 0.560. The molecule has 0 fully saturated rings. The van der Waals surface area contributed by atoms with Crippen LogP contribution in [-0.4, -0.2) is 44.3 Å². The van der Waals surface area contributed by atoms with Gasteiger partial charge >= 0.3 is 0 Å². The van der Waals surface area contributed by atoms with Crippen molar-refractivity contribution in [3.8, 4) is 11.1 Å². The van der Waals surface area contributed by atoms with Gasteiger partial charge in [0.05, 0.1) is 0 Å². The van der Waals surface area contributed by atoms with Crippen molar-refractivity contribution in [3.05, 3.63) is 269 Å². The summed E-state index contributed by atoms with van der Waals surface area (Å²) in [6.07, 6.45) is 9.12. The first-order chi connectivity index (χ1) is 49.4. The highest BCUT2D eigenvalue weighted by Gasteiger charge is 2.16. The maximum atomic E-state index is 5.45. The first kappa shape index (κ1) is 75.9. The zero-order valence-corrected chi connectivity index (χ0v) is 63.1. The molecule has 0 spiro atoms. The van der Waals surface area contributed by atoms with Crippen LogP contribution in [0.25, 0.3) is 94.5 Å². The second-order valence-corrected chi connectivity index (χ2v) is 26.4. The molecule has 1 unspecified atom stereocenters. The average Bonchev–Trinajstić information content (AvgIpc) is 1.83. The summed E-state index contributed by atoms with van der Waals surface area (Å²) in [4.78, 5) is 34.1. The SMILES string of the molecule is CC.CCC(C)c1ccc2oc(C)nc2c1.CCCc1ccc2oc(C)nc2c1.Cc1ccc2nc(C)oc2c1.Cc1nc2c(C)cccc2o1.Cc1nc2cc(-c3ccccc3)ccc2o1.Cc1nc2cc(C(C)(C)C)ccc2o1.Cc1nc2cc(C(C)C)ccc2o1.c1ccn2ccnc2c1. The van der Waals surface area contributed by atoms with Crippen molar-refractivity contribution in [2.75, 3.05) is 0 Å². The summed E-state index contributed by atoms with van der Waals surface area (Å²) in [6.45, 7) is 38.7. The van der Waals surface area contributed by atoms with Gasteiger partial charge in [-0.1, -0.05) is 161 Å². The fourth-order valence-corrected chi connectivity index (χ4v) is 11.1. The van der Waals surface area contributed by atoms with Gasteiger partial charge in [0.1, 0.15) is 44.3 Å². The lowest BCUT2D eigenvalue weighted by Crippen LogP contribution is -2.10. The molecule has 16 nitrogen and oxygen atoms in total. The van der Waals surface area contributed by atoms with Gasteiger partial charge in [0, 0.05) is 67.1 Å². The van der Waals surface area contributed by atoms with Gasteiger partial charge in [0.15, 0.2) is 80.3 Å². The van der Waals surface area contributed by atoms with Crippen LogP contribution in [0, 0.1) is 62.3 Å². The van der Waals surface area contributed by atoms with Crippen molar-refractivity contribution in [2.24, 2.45) is 0 Å². The van der Waals surface area contributed by atoms with Gasteiger partial charge in [0.2, 0.25) is 0 Å². The van der Waals surface area contributed by atoms with E-state index in [1.807, 2.05) is 196 Å². The normalized spacial score (nSPS) is 11.2. The predicted molar refractivity (Wildman–Crippen MR) is 418 cm³/mol. The van der Waals surface area contributed by atoms with Gasteiger partial charge in [-0.25, -0.2) is 39.9 Å². The van der Waals surface area contributed by atoms with Crippen LogP contribution in [0.3, 0.4) is 0 Å². The molecule has 8 aromatic carbocycles. The summed E-state index contributed by atoms with van der Waals surface area (Å²) in [7, 11) is 0. The van der Waals surface area contributed by atoms with Gasteiger partial charge in [-0.15, -0.1) is 0 Å². The van der Waals surface area contributed by atoms with Crippen molar-refractivity contribution in [1.82, 2.24) is 44.3 Å². The van der Waals surface area contributed by atoms with Crippen LogP contribution >= 0.6 is 0 Å². The number of pyridine rings is 1. The largest absolute Gasteiger partial charge is 0.441 e. The molecule has 0 aliphatic carbocycles. The van der Waals surface area contributed by atoms with E-state index in [0.29, 0.717) is 17.7 Å². The van der Waals surface area contributed by atoms with Gasteiger partial charge < -0.3 is 35.3 Å². The maximum Gasteiger partial charge on any atom is 0.192 e. The molecule has 0 saturated carbocycles.